The summed E-state index contributed by atoms with van der Waals surface area (Å²) in [6.07, 6.45) is 6.09. The highest BCUT2D eigenvalue weighted by atomic mass is 32.2. The summed E-state index contributed by atoms with van der Waals surface area (Å²) in [5.74, 6) is 1.26. The van der Waals surface area contributed by atoms with Crippen molar-refractivity contribution < 1.29 is 27.3 Å². The Labute approximate surface area is 328 Å². The van der Waals surface area contributed by atoms with Crippen LogP contribution in [0.1, 0.15) is 56.1 Å². The predicted octanol–water partition coefficient (Wildman–Crippen LogP) is 5.44. The number of urea groups is 1. The third kappa shape index (κ3) is 10.2. The van der Waals surface area contributed by atoms with Gasteiger partial charge in [-0.25, -0.2) is 13.3 Å². The van der Waals surface area contributed by atoms with E-state index in [9.17, 15) is 23.0 Å². The van der Waals surface area contributed by atoms with Gasteiger partial charge in [0.25, 0.3) is 0 Å². The zero-order valence-electron chi connectivity index (χ0n) is 32.1. The molecule has 0 radical (unpaired) electrons. The molecule has 3 aliphatic heterocycles. The van der Waals surface area contributed by atoms with Gasteiger partial charge in [0.2, 0.25) is 0 Å². The number of ether oxygens (including phenoxy) is 2. The SMILES string of the molecule is C=N/C=C(\C=NC1CCN(S(=O)c2ccc(C#N)c(OCC(C)N3CCC(c4ccc5c(N6CCC(=C)NC6=O)nn(C)c5c4)CC3)c2)CC1)OC(F)F.CN. The highest BCUT2D eigenvalue weighted by Crippen LogP contribution is 2.34. The van der Waals surface area contributed by atoms with E-state index in [4.69, 9.17) is 9.84 Å². The number of halogens is 2. The van der Waals surface area contributed by atoms with Crippen molar-refractivity contribution in [1.82, 2.24) is 24.3 Å². The van der Waals surface area contributed by atoms with Crippen LogP contribution in [0.4, 0.5) is 19.4 Å². The molecule has 2 aromatic carbocycles. The van der Waals surface area contributed by atoms with Crippen molar-refractivity contribution in [3.05, 3.63) is 71.8 Å². The molecule has 3 fully saturated rings. The molecule has 2 amide bonds. The number of hydrogen-bond acceptors (Lipinski definition) is 10. The predicted molar refractivity (Wildman–Crippen MR) is 214 cm³/mol. The Morgan fingerprint density at radius 2 is 1.88 bits per heavy atom. The zero-order chi connectivity index (χ0) is 40.4. The molecular weight excluding hydrogens is 743 g/mol. The number of amides is 2. The van der Waals surface area contributed by atoms with Crippen LogP contribution in [-0.4, -0.2) is 107 Å². The molecule has 6 rings (SSSR count). The molecule has 0 aliphatic carbocycles. The minimum absolute atomic E-state index is 0.0869. The number of carbonyl (C=O) groups is 1. The van der Waals surface area contributed by atoms with E-state index in [0.717, 1.165) is 48.7 Å². The van der Waals surface area contributed by atoms with Crippen LogP contribution in [-0.2, 0) is 22.8 Å². The van der Waals surface area contributed by atoms with E-state index < -0.39 is 17.6 Å². The van der Waals surface area contributed by atoms with Crippen molar-refractivity contribution in [1.29, 1.82) is 5.26 Å². The van der Waals surface area contributed by atoms with E-state index in [1.54, 1.807) is 23.1 Å². The number of rotatable bonds is 13. The summed E-state index contributed by atoms with van der Waals surface area (Å²) in [4.78, 5) is 25.1. The summed E-state index contributed by atoms with van der Waals surface area (Å²) >= 11 is 0. The minimum atomic E-state index is -2.99. The molecule has 0 spiro atoms. The maximum atomic E-state index is 13.5. The fraction of sp³-hybridized carbons (Fsp3) is 0.462. The number of aliphatic imine (C=N–C) groups is 2. The number of hydrogen-bond donors (Lipinski definition) is 2. The van der Waals surface area contributed by atoms with E-state index in [2.05, 4.69) is 75.2 Å². The summed E-state index contributed by atoms with van der Waals surface area (Å²) in [6.45, 7) is 9.90. The molecule has 14 nitrogen and oxygen atoms in total. The minimum Gasteiger partial charge on any atom is -0.491 e. The third-order valence-corrected chi connectivity index (χ3v) is 11.7. The molecular formula is C39H50F2N10O4S. The zero-order valence-corrected chi connectivity index (χ0v) is 32.9. The number of nitrogens with two attached hydrogens (primary N) is 1. The van der Waals surface area contributed by atoms with Crippen LogP contribution in [0.3, 0.4) is 0 Å². The summed E-state index contributed by atoms with van der Waals surface area (Å²) < 4.78 is 53.1. The van der Waals surface area contributed by atoms with Gasteiger partial charge >= 0.3 is 12.6 Å². The Hall–Kier alpha value is -5.02. The lowest BCUT2D eigenvalue weighted by Gasteiger charge is -2.36. The Bertz CT molecular complexity index is 2000. The van der Waals surface area contributed by atoms with Gasteiger partial charge in [0, 0.05) is 50.2 Å². The first-order valence-electron chi connectivity index (χ1n) is 18.6. The van der Waals surface area contributed by atoms with Crippen LogP contribution in [0.5, 0.6) is 5.75 Å². The molecule has 3 aliphatic rings. The molecule has 3 saturated heterocycles. The average molecular weight is 793 g/mol. The fourth-order valence-corrected chi connectivity index (χ4v) is 8.36. The number of nitrogens with one attached hydrogen (secondary N) is 1. The average Bonchev–Trinajstić information content (AvgIpc) is 3.54. The Kier molecular flexibility index (Phi) is 14.8. The Morgan fingerprint density at radius 1 is 1.14 bits per heavy atom. The summed E-state index contributed by atoms with van der Waals surface area (Å²) in [6, 6.07) is 13.4. The second kappa shape index (κ2) is 19.7. The molecule has 3 N–H and O–H groups in total. The van der Waals surface area contributed by atoms with Crippen molar-refractivity contribution in [2.24, 2.45) is 22.8 Å². The van der Waals surface area contributed by atoms with Crippen LogP contribution in [0, 0.1) is 11.3 Å². The monoisotopic (exact) mass is 792 g/mol. The fourth-order valence-electron chi connectivity index (χ4n) is 7.12. The Morgan fingerprint density at radius 3 is 2.54 bits per heavy atom. The van der Waals surface area contributed by atoms with Crippen LogP contribution in [0.2, 0.25) is 0 Å². The van der Waals surface area contributed by atoms with Crippen molar-refractivity contribution in [2.75, 3.05) is 51.3 Å². The van der Waals surface area contributed by atoms with Gasteiger partial charge in [-0.1, -0.05) is 12.6 Å². The molecule has 2 unspecified atom stereocenters. The topological polar surface area (TPSA) is 167 Å². The van der Waals surface area contributed by atoms with Gasteiger partial charge in [-0.3, -0.25) is 24.5 Å². The van der Waals surface area contributed by atoms with E-state index in [0.29, 0.717) is 73.4 Å². The molecule has 3 aromatic rings. The third-order valence-electron chi connectivity index (χ3n) is 10.2. The van der Waals surface area contributed by atoms with Gasteiger partial charge in [0.1, 0.15) is 29.4 Å². The maximum Gasteiger partial charge on any atom is 0.387 e. The quantitative estimate of drug-likeness (QED) is 0.171. The summed E-state index contributed by atoms with van der Waals surface area (Å²) in [7, 11) is 1.92. The number of likely N-dealkylation sites (tertiary alicyclic amines) is 1. The molecule has 1 aromatic heterocycles. The number of allylic oxidation sites excluding steroid dienone is 1. The van der Waals surface area contributed by atoms with Gasteiger partial charge in [0.15, 0.2) is 11.6 Å². The lowest BCUT2D eigenvalue weighted by Crippen LogP contribution is -2.45. The van der Waals surface area contributed by atoms with Crippen molar-refractivity contribution in [3.8, 4) is 11.8 Å². The number of fused-ring (bicyclic) bond motifs is 1. The molecule has 56 heavy (non-hydrogen) atoms. The van der Waals surface area contributed by atoms with E-state index >= 15 is 0 Å². The van der Waals surface area contributed by atoms with Crippen molar-refractivity contribution in [3.63, 3.8) is 0 Å². The molecule has 300 valence electrons. The molecule has 0 saturated carbocycles. The maximum absolute atomic E-state index is 13.5. The highest BCUT2D eigenvalue weighted by Gasteiger charge is 2.29. The van der Waals surface area contributed by atoms with E-state index in [-0.39, 0.29) is 23.9 Å². The van der Waals surface area contributed by atoms with Gasteiger partial charge in [-0.2, -0.15) is 19.1 Å². The van der Waals surface area contributed by atoms with Crippen LogP contribution >= 0.6 is 0 Å². The molecule has 2 atom stereocenters. The van der Waals surface area contributed by atoms with Gasteiger partial charge < -0.3 is 20.5 Å². The van der Waals surface area contributed by atoms with E-state index in [1.807, 2.05) is 16.0 Å². The summed E-state index contributed by atoms with van der Waals surface area (Å²) in [5.41, 5.74) is 7.83. The van der Waals surface area contributed by atoms with Crippen molar-refractivity contribution >= 4 is 46.7 Å². The standard InChI is InChI=1S/C38H45F2N9O4S.CH5N/c1-25-9-18-49(38(50)44-25)36-33-8-6-28(19-34(33)46(4)45-36)27-10-14-47(15-11-27)26(2)24-52-35-20-32(7-5-29(35)21-41)54(51)48-16-12-30(13-17-48)43-23-31(22-42-3)53-37(39)40;1-2/h5-8,19-20,22-23,26-27,30,37H,1,3,9-18,24H2,2,4H3,(H,44,50);2H2,1H3/b31-22+,43-23?;. The normalized spacial score (nSPS) is 19.0. The first-order chi connectivity index (χ1) is 27.0. The smallest absolute Gasteiger partial charge is 0.387 e. The lowest BCUT2D eigenvalue weighted by atomic mass is 9.88. The van der Waals surface area contributed by atoms with Crippen LogP contribution < -0.4 is 20.7 Å². The van der Waals surface area contributed by atoms with Gasteiger partial charge in [-0.15, -0.1) is 0 Å². The van der Waals surface area contributed by atoms with Gasteiger partial charge in [0.05, 0.1) is 34.4 Å². The second-order valence-corrected chi connectivity index (χ2v) is 15.2. The number of benzene rings is 2. The first kappa shape index (κ1) is 42.1. The second-order valence-electron chi connectivity index (χ2n) is 13.7. The molecule has 17 heteroatoms. The lowest BCUT2D eigenvalue weighted by molar-refractivity contribution is -0.0894. The number of nitriles is 1. The van der Waals surface area contributed by atoms with Gasteiger partial charge in [-0.05, 0) is 101 Å². The number of alkyl halides is 2. The number of nitrogens with zero attached hydrogens (tertiary/aromatic N) is 8. The van der Waals surface area contributed by atoms with Crippen molar-refractivity contribution in [2.45, 2.75) is 68.5 Å². The number of anilines is 1. The van der Waals surface area contributed by atoms with Crippen LogP contribution in [0.25, 0.3) is 10.9 Å². The number of piperidine rings is 2. The Balaban J connectivity index is 0.00000295. The first-order valence-corrected chi connectivity index (χ1v) is 19.7. The largest absolute Gasteiger partial charge is 0.491 e. The highest BCUT2D eigenvalue weighted by molar-refractivity contribution is 7.82. The number of aryl methyl sites for hydroxylation is 1. The molecule has 0 bridgehead atoms. The number of aromatic nitrogens is 2. The summed E-state index contributed by atoms with van der Waals surface area (Å²) in [5, 5.41) is 18.2. The molecule has 4 heterocycles. The van der Waals surface area contributed by atoms with E-state index in [1.165, 1.54) is 18.8 Å². The van der Waals surface area contributed by atoms with Crippen LogP contribution in [0.15, 0.2) is 75.5 Å². The number of carbonyl (C=O) groups excluding carboxylic acids is 1.